The molecule has 1 saturated carbocycles. The molecule has 1 fully saturated rings. The van der Waals surface area contributed by atoms with Crippen LogP contribution in [0.15, 0.2) is 12.4 Å². The number of aromatic nitrogens is 3. The van der Waals surface area contributed by atoms with E-state index < -0.39 is 5.79 Å². The van der Waals surface area contributed by atoms with Crippen molar-refractivity contribution in [1.82, 2.24) is 19.9 Å². The molecule has 1 aliphatic rings. The maximum atomic E-state index is 11.7. The van der Waals surface area contributed by atoms with Crippen molar-refractivity contribution in [1.29, 1.82) is 0 Å². The van der Waals surface area contributed by atoms with E-state index in [0.29, 0.717) is 21.3 Å². The van der Waals surface area contributed by atoms with E-state index in [0.717, 1.165) is 19.3 Å². The number of amides is 1. The summed E-state index contributed by atoms with van der Waals surface area (Å²) in [5, 5.41) is 19.7. The molecule has 2 atom stereocenters. The van der Waals surface area contributed by atoms with Crippen LogP contribution >= 0.6 is 23.2 Å². The van der Waals surface area contributed by atoms with Crippen molar-refractivity contribution in [2.75, 3.05) is 7.05 Å². The number of nitrogens with zero attached hydrogens (tertiary/aromatic N) is 3. The predicted octanol–water partition coefficient (Wildman–Crippen LogP) is 3.56. The molecular weight excluding hydrogens is 391 g/mol. The highest BCUT2D eigenvalue weighted by atomic mass is 35.5. The number of imidazole rings is 1. The minimum atomic E-state index is -1.50. The molecule has 1 amide bonds. The molecule has 0 saturated heterocycles. The molecule has 0 unspecified atom stereocenters. The van der Waals surface area contributed by atoms with E-state index in [-0.39, 0.29) is 17.9 Å². The maximum absolute atomic E-state index is 11.7. The zero-order valence-electron chi connectivity index (χ0n) is 16.3. The summed E-state index contributed by atoms with van der Waals surface area (Å²) < 4.78 is 1.98. The summed E-state index contributed by atoms with van der Waals surface area (Å²) in [6.07, 6.45) is 4.32. The number of pyridine rings is 1. The van der Waals surface area contributed by atoms with Gasteiger partial charge in [0.1, 0.15) is 10.7 Å². The molecule has 3 rings (SSSR count). The van der Waals surface area contributed by atoms with Gasteiger partial charge in [-0.05, 0) is 39.2 Å². The van der Waals surface area contributed by atoms with Crippen LogP contribution in [0.3, 0.4) is 0 Å². The predicted molar refractivity (Wildman–Crippen MR) is 108 cm³/mol. The van der Waals surface area contributed by atoms with Crippen LogP contribution in [0.2, 0.25) is 10.2 Å². The average molecular weight is 419 g/mol. The summed E-state index contributed by atoms with van der Waals surface area (Å²) in [6.45, 7) is 6.60. The molecule has 0 spiro atoms. The van der Waals surface area contributed by atoms with Crippen LogP contribution in [-0.4, -0.2) is 43.5 Å². The van der Waals surface area contributed by atoms with Gasteiger partial charge in [0.15, 0.2) is 11.4 Å². The molecule has 1 aliphatic carbocycles. The third-order valence-corrected chi connectivity index (χ3v) is 4.35. The van der Waals surface area contributed by atoms with Gasteiger partial charge in [0.05, 0.1) is 11.3 Å². The Morgan fingerprint density at radius 1 is 1.30 bits per heavy atom. The number of aliphatic hydroxyl groups is 2. The highest BCUT2D eigenvalue weighted by molar-refractivity contribution is 6.37. The van der Waals surface area contributed by atoms with Gasteiger partial charge in [-0.1, -0.05) is 37.0 Å². The highest BCUT2D eigenvalue weighted by Gasteiger charge is 2.31. The summed E-state index contributed by atoms with van der Waals surface area (Å²) in [7, 11) is 1.67. The minimum Gasteiger partial charge on any atom is -0.366 e. The Balaban J connectivity index is 0.000000454. The molecule has 3 N–H and O–H groups in total. The number of rotatable bonds is 2. The number of fused-ring (bicyclic) bond motifs is 1. The van der Waals surface area contributed by atoms with Crippen LogP contribution in [0.1, 0.15) is 53.0 Å². The van der Waals surface area contributed by atoms with Crippen molar-refractivity contribution < 1.29 is 15.0 Å². The Morgan fingerprint density at radius 3 is 2.44 bits per heavy atom. The van der Waals surface area contributed by atoms with Gasteiger partial charge < -0.3 is 20.1 Å². The topological polar surface area (TPSA) is 100 Å². The van der Waals surface area contributed by atoms with Gasteiger partial charge in [0.25, 0.3) is 0 Å². The van der Waals surface area contributed by atoms with Crippen LogP contribution in [-0.2, 0) is 4.79 Å². The van der Waals surface area contributed by atoms with Gasteiger partial charge in [-0.25, -0.2) is 9.97 Å². The molecule has 7 nitrogen and oxygen atoms in total. The normalized spacial score (nSPS) is 19.0. The first-order valence-corrected chi connectivity index (χ1v) is 9.70. The standard InChI is InChI=1S/C13H14Cl2N4O.C3H8O2.C2H6/c1-16-13(20)7-2-3-8(4-7)19-6-17-11-9(14)5-10(15)18-12(11)19;1-3(2,4)5;1-2/h5-8H,2-4H2,1H3,(H,16,20);4-5H,1-2H3;1-2H3/t7-,8+;;/m1../s1. The molecule has 0 radical (unpaired) electrons. The van der Waals surface area contributed by atoms with E-state index in [2.05, 4.69) is 15.3 Å². The Bertz CT molecular complexity index is 753. The second-order valence-corrected chi connectivity index (χ2v) is 7.32. The summed E-state index contributed by atoms with van der Waals surface area (Å²) >= 11 is 12.1. The number of carbonyl (C=O) groups excluding carboxylic acids is 1. The summed E-state index contributed by atoms with van der Waals surface area (Å²) in [4.78, 5) is 20.3. The maximum Gasteiger partial charge on any atom is 0.222 e. The molecule has 0 bridgehead atoms. The van der Waals surface area contributed by atoms with Crippen LogP contribution in [0.4, 0.5) is 0 Å². The van der Waals surface area contributed by atoms with E-state index in [1.54, 1.807) is 19.4 Å². The first kappa shape index (κ1) is 23.6. The first-order chi connectivity index (χ1) is 12.6. The Hall–Kier alpha value is -1.41. The lowest BCUT2D eigenvalue weighted by atomic mass is 10.1. The van der Waals surface area contributed by atoms with E-state index in [1.807, 2.05) is 18.4 Å². The van der Waals surface area contributed by atoms with Crippen molar-refractivity contribution >= 4 is 40.3 Å². The van der Waals surface area contributed by atoms with E-state index in [1.165, 1.54) is 13.8 Å². The fraction of sp³-hybridized carbons (Fsp3) is 0.611. The molecule has 0 aliphatic heterocycles. The van der Waals surface area contributed by atoms with Crippen LogP contribution in [0, 0.1) is 5.92 Å². The lowest BCUT2D eigenvalue weighted by Crippen LogP contribution is -2.25. The SMILES string of the molecule is CC.CC(C)(O)O.CNC(=O)[C@@H]1CC[C@H](n2cnc3c(Cl)cc(Cl)nc32)C1. The average Bonchev–Trinajstić information content (AvgIpc) is 3.21. The van der Waals surface area contributed by atoms with Crippen molar-refractivity contribution in [2.45, 2.75) is 58.8 Å². The molecule has 2 aromatic heterocycles. The fourth-order valence-electron chi connectivity index (χ4n) is 2.86. The van der Waals surface area contributed by atoms with Crippen molar-refractivity contribution in [3.63, 3.8) is 0 Å². The van der Waals surface area contributed by atoms with Gasteiger partial charge >= 0.3 is 0 Å². The van der Waals surface area contributed by atoms with Gasteiger partial charge in [-0.2, -0.15) is 0 Å². The monoisotopic (exact) mass is 418 g/mol. The van der Waals surface area contributed by atoms with Gasteiger partial charge in [-0.15, -0.1) is 0 Å². The number of carbonyl (C=O) groups is 1. The van der Waals surface area contributed by atoms with Crippen LogP contribution in [0.25, 0.3) is 11.2 Å². The molecule has 2 aromatic rings. The summed E-state index contributed by atoms with van der Waals surface area (Å²) in [5.41, 5.74) is 1.34. The van der Waals surface area contributed by atoms with Gasteiger partial charge in [0.2, 0.25) is 5.91 Å². The smallest absolute Gasteiger partial charge is 0.222 e. The van der Waals surface area contributed by atoms with Crippen molar-refractivity contribution in [3.8, 4) is 0 Å². The van der Waals surface area contributed by atoms with E-state index in [9.17, 15) is 4.79 Å². The Kier molecular flexibility index (Phi) is 8.94. The quantitative estimate of drug-likeness (QED) is 0.511. The Morgan fingerprint density at radius 2 is 1.89 bits per heavy atom. The summed E-state index contributed by atoms with van der Waals surface area (Å²) in [6, 6.07) is 1.80. The third-order valence-electron chi connectivity index (χ3n) is 3.87. The zero-order valence-corrected chi connectivity index (χ0v) is 17.8. The second kappa shape index (κ2) is 10.2. The molecule has 0 aromatic carbocycles. The third kappa shape index (κ3) is 6.92. The molecule has 152 valence electrons. The van der Waals surface area contributed by atoms with Gasteiger partial charge in [0, 0.05) is 19.0 Å². The molecule has 2 heterocycles. The number of nitrogens with one attached hydrogen (secondary N) is 1. The summed E-state index contributed by atoms with van der Waals surface area (Å²) in [5.74, 6) is -1.35. The number of halogens is 2. The van der Waals surface area contributed by atoms with Crippen LogP contribution in [0.5, 0.6) is 0 Å². The van der Waals surface area contributed by atoms with Crippen LogP contribution < -0.4 is 5.32 Å². The van der Waals surface area contributed by atoms with E-state index >= 15 is 0 Å². The Labute approximate surface area is 169 Å². The largest absolute Gasteiger partial charge is 0.366 e. The first-order valence-electron chi connectivity index (χ1n) is 8.95. The molecule has 9 heteroatoms. The highest BCUT2D eigenvalue weighted by Crippen LogP contribution is 2.37. The zero-order chi connectivity index (χ0) is 20.8. The van der Waals surface area contributed by atoms with E-state index in [4.69, 9.17) is 33.4 Å². The molecular formula is C18H28Cl2N4O3. The van der Waals surface area contributed by atoms with Gasteiger partial charge in [-0.3, -0.25) is 4.79 Å². The van der Waals surface area contributed by atoms with Crippen molar-refractivity contribution in [2.24, 2.45) is 5.92 Å². The van der Waals surface area contributed by atoms with Crippen molar-refractivity contribution in [3.05, 3.63) is 22.6 Å². The lowest BCUT2D eigenvalue weighted by molar-refractivity contribution is -0.127. The second-order valence-electron chi connectivity index (χ2n) is 6.52. The number of hydrogen-bond acceptors (Lipinski definition) is 5. The fourth-order valence-corrected chi connectivity index (χ4v) is 3.34. The molecule has 27 heavy (non-hydrogen) atoms. The number of hydrogen-bond donors (Lipinski definition) is 3. The lowest BCUT2D eigenvalue weighted by Gasteiger charge is -2.13. The minimum absolute atomic E-state index is 0.0529.